The van der Waals surface area contributed by atoms with Gasteiger partial charge in [0.2, 0.25) is 0 Å². The van der Waals surface area contributed by atoms with Crippen molar-refractivity contribution in [3.05, 3.63) is 77.9 Å². The average molecular weight is 431 g/mol. The van der Waals surface area contributed by atoms with Crippen LogP contribution in [0.1, 0.15) is 36.7 Å². The molecule has 0 saturated heterocycles. The Morgan fingerprint density at radius 2 is 1.56 bits per heavy atom. The number of rotatable bonds is 4. The minimum atomic E-state index is -0.667. The van der Waals surface area contributed by atoms with Crippen molar-refractivity contribution < 1.29 is 19.1 Å². The van der Waals surface area contributed by atoms with Gasteiger partial charge in [-0.1, -0.05) is 36.4 Å². The number of nitrogens with one attached hydrogen (secondary N) is 1. The Kier molecular flexibility index (Phi) is 5.61. The van der Waals surface area contributed by atoms with Crippen molar-refractivity contribution >= 4 is 33.8 Å². The van der Waals surface area contributed by atoms with Gasteiger partial charge in [0, 0.05) is 29.4 Å². The van der Waals surface area contributed by atoms with Crippen molar-refractivity contribution in [2.45, 2.75) is 33.0 Å². The highest BCUT2D eigenvalue weighted by Crippen LogP contribution is 2.33. The van der Waals surface area contributed by atoms with Crippen molar-refractivity contribution in [2.75, 3.05) is 7.05 Å². The molecule has 1 aromatic heterocycles. The first-order valence-electron chi connectivity index (χ1n) is 10.5. The van der Waals surface area contributed by atoms with Crippen LogP contribution in [0.2, 0.25) is 0 Å². The zero-order chi connectivity index (χ0) is 22.9. The van der Waals surface area contributed by atoms with Gasteiger partial charge in [-0.15, -0.1) is 0 Å². The highest BCUT2D eigenvalue weighted by Gasteiger charge is 2.23. The minimum Gasteiger partial charge on any atom is -0.489 e. The predicted molar refractivity (Wildman–Crippen MR) is 125 cm³/mol. The topological polar surface area (TPSA) is 69.6 Å². The van der Waals surface area contributed by atoms with E-state index in [9.17, 15) is 9.59 Å². The van der Waals surface area contributed by atoms with Crippen LogP contribution >= 0.6 is 0 Å². The SMILES string of the molecule is CNC(=O)c1ccc2c3ccc(OCc4ccccc4)cc3n(C(=O)OC(C)(C)C)c2c1. The lowest BCUT2D eigenvalue weighted by Gasteiger charge is -2.20. The van der Waals surface area contributed by atoms with E-state index in [2.05, 4.69) is 5.32 Å². The first-order chi connectivity index (χ1) is 15.3. The highest BCUT2D eigenvalue weighted by atomic mass is 16.6. The van der Waals surface area contributed by atoms with Crippen LogP contribution in [0.4, 0.5) is 4.79 Å². The maximum Gasteiger partial charge on any atom is 0.419 e. The molecule has 0 aliphatic carbocycles. The van der Waals surface area contributed by atoms with E-state index < -0.39 is 11.7 Å². The molecule has 0 aliphatic rings. The summed E-state index contributed by atoms with van der Waals surface area (Å²) in [6.07, 6.45) is -0.508. The number of carbonyl (C=O) groups is 2. The smallest absolute Gasteiger partial charge is 0.419 e. The summed E-state index contributed by atoms with van der Waals surface area (Å²) in [5.41, 5.74) is 2.12. The van der Waals surface area contributed by atoms with Crippen LogP contribution in [-0.2, 0) is 11.3 Å². The number of benzene rings is 3. The van der Waals surface area contributed by atoms with Gasteiger partial charge >= 0.3 is 6.09 Å². The van der Waals surface area contributed by atoms with Gasteiger partial charge in [-0.3, -0.25) is 4.79 Å². The third-order valence-corrected chi connectivity index (χ3v) is 5.05. The summed E-state index contributed by atoms with van der Waals surface area (Å²) in [5, 5.41) is 4.35. The van der Waals surface area contributed by atoms with E-state index in [1.54, 1.807) is 19.2 Å². The standard InChI is InChI=1S/C26H26N2O4/c1-26(2,3)32-25(30)28-22-14-18(24(29)27-4)10-12-20(22)21-13-11-19(15-23(21)28)31-16-17-8-6-5-7-9-17/h5-15H,16H2,1-4H3,(H,27,29). The number of fused-ring (bicyclic) bond motifs is 3. The molecule has 3 aromatic carbocycles. The molecule has 0 unspecified atom stereocenters. The first-order valence-corrected chi connectivity index (χ1v) is 10.5. The van der Waals surface area contributed by atoms with Gasteiger partial charge in [-0.05, 0) is 50.6 Å². The number of aromatic nitrogens is 1. The first kappa shape index (κ1) is 21.4. The molecule has 0 spiro atoms. The maximum atomic E-state index is 13.2. The molecule has 1 heterocycles. The summed E-state index contributed by atoms with van der Waals surface area (Å²) < 4.78 is 13.2. The van der Waals surface area contributed by atoms with Crippen molar-refractivity contribution in [2.24, 2.45) is 0 Å². The molecular weight excluding hydrogens is 404 g/mol. The quantitative estimate of drug-likeness (QED) is 0.463. The molecule has 6 nitrogen and oxygen atoms in total. The fourth-order valence-corrected chi connectivity index (χ4v) is 3.62. The average Bonchev–Trinajstić information content (AvgIpc) is 3.09. The van der Waals surface area contributed by atoms with Gasteiger partial charge in [-0.2, -0.15) is 0 Å². The van der Waals surface area contributed by atoms with E-state index in [-0.39, 0.29) is 5.91 Å². The van der Waals surface area contributed by atoms with Crippen LogP contribution in [-0.4, -0.2) is 29.2 Å². The Bertz CT molecular complexity index is 1300. The van der Waals surface area contributed by atoms with E-state index in [4.69, 9.17) is 9.47 Å². The largest absolute Gasteiger partial charge is 0.489 e. The Morgan fingerprint density at radius 3 is 2.22 bits per heavy atom. The number of carbonyl (C=O) groups excluding carboxylic acids is 2. The molecule has 4 rings (SSSR count). The van der Waals surface area contributed by atoms with Gasteiger partial charge in [-0.25, -0.2) is 9.36 Å². The summed E-state index contributed by atoms with van der Waals surface area (Å²) in [7, 11) is 1.58. The second kappa shape index (κ2) is 8.38. The van der Waals surface area contributed by atoms with Crippen LogP contribution < -0.4 is 10.1 Å². The molecular formula is C26H26N2O4. The van der Waals surface area contributed by atoms with Crippen LogP contribution in [0.15, 0.2) is 66.7 Å². The summed E-state index contributed by atoms with van der Waals surface area (Å²) in [4.78, 5) is 25.4. The molecule has 164 valence electrons. The fourth-order valence-electron chi connectivity index (χ4n) is 3.62. The lowest BCUT2D eigenvalue weighted by atomic mass is 10.1. The number of ether oxygens (including phenoxy) is 2. The van der Waals surface area contributed by atoms with E-state index in [0.717, 1.165) is 16.3 Å². The Hall–Kier alpha value is -3.80. The van der Waals surface area contributed by atoms with Crippen molar-refractivity contribution in [1.82, 2.24) is 9.88 Å². The van der Waals surface area contributed by atoms with Crippen molar-refractivity contribution in [3.63, 3.8) is 0 Å². The molecule has 0 atom stereocenters. The minimum absolute atomic E-state index is 0.222. The normalized spacial score (nSPS) is 11.5. The van der Waals surface area contributed by atoms with Crippen molar-refractivity contribution in [3.8, 4) is 5.75 Å². The summed E-state index contributed by atoms with van der Waals surface area (Å²) in [6, 6.07) is 20.8. The van der Waals surface area contributed by atoms with E-state index in [1.165, 1.54) is 4.57 Å². The van der Waals surface area contributed by atoms with Gasteiger partial charge in [0.05, 0.1) is 11.0 Å². The summed E-state index contributed by atoms with van der Waals surface area (Å²) in [5.74, 6) is 0.417. The lowest BCUT2D eigenvalue weighted by Crippen LogP contribution is -2.27. The second-order valence-corrected chi connectivity index (χ2v) is 8.58. The van der Waals surface area contributed by atoms with E-state index >= 15 is 0 Å². The van der Waals surface area contributed by atoms with E-state index in [1.807, 2.05) is 75.4 Å². The molecule has 0 aliphatic heterocycles. The predicted octanol–water partition coefficient (Wildman–Crippen LogP) is 5.52. The third-order valence-electron chi connectivity index (χ3n) is 5.05. The number of hydrogen-bond donors (Lipinski definition) is 1. The van der Waals surface area contributed by atoms with Crippen molar-refractivity contribution in [1.29, 1.82) is 0 Å². The third kappa shape index (κ3) is 4.30. The highest BCUT2D eigenvalue weighted by molar-refractivity contribution is 6.14. The molecule has 32 heavy (non-hydrogen) atoms. The number of nitrogens with zero attached hydrogens (tertiary/aromatic N) is 1. The molecule has 6 heteroatoms. The molecule has 4 aromatic rings. The molecule has 0 fully saturated rings. The maximum absolute atomic E-state index is 13.2. The summed E-state index contributed by atoms with van der Waals surface area (Å²) >= 11 is 0. The number of hydrogen-bond acceptors (Lipinski definition) is 4. The van der Waals surface area contributed by atoms with Crippen LogP contribution in [0.3, 0.4) is 0 Å². The second-order valence-electron chi connectivity index (χ2n) is 8.58. The zero-order valence-corrected chi connectivity index (χ0v) is 18.6. The fraction of sp³-hybridized carbons (Fsp3) is 0.231. The molecule has 1 amide bonds. The molecule has 0 bridgehead atoms. The molecule has 1 N–H and O–H groups in total. The molecule has 0 saturated carbocycles. The lowest BCUT2D eigenvalue weighted by molar-refractivity contribution is 0.0551. The Labute approximate surface area is 186 Å². The Morgan fingerprint density at radius 1 is 0.906 bits per heavy atom. The van der Waals surface area contributed by atoms with Crippen LogP contribution in [0, 0.1) is 0 Å². The van der Waals surface area contributed by atoms with Gasteiger partial charge in [0.1, 0.15) is 18.0 Å². The Balaban J connectivity index is 1.84. The molecule has 0 radical (unpaired) electrons. The van der Waals surface area contributed by atoms with Gasteiger partial charge < -0.3 is 14.8 Å². The monoisotopic (exact) mass is 430 g/mol. The zero-order valence-electron chi connectivity index (χ0n) is 18.6. The van der Waals surface area contributed by atoms with Gasteiger partial charge in [0.15, 0.2) is 0 Å². The number of amides is 1. The summed E-state index contributed by atoms with van der Waals surface area (Å²) in [6.45, 7) is 5.88. The van der Waals surface area contributed by atoms with Crippen LogP contribution in [0.25, 0.3) is 21.8 Å². The van der Waals surface area contributed by atoms with Crippen LogP contribution in [0.5, 0.6) is 5.75 Å². The van der Waals surface area contributed by atoms with E-state index in [0.29, 0.717) is 29.0 Å². The van der Waals surface area contributed by atoms with Gasteiger partial charge in [0.25, 0.3) is 5.91 Å².